The molecule has 2 aromatic rings. The van der Waals surface area contributed by atoms with Crippen LogP contribution in [0, 0.1) is 11.3 Å². The molecule has 2 aliphatic rings. The van der Waals surface area contributed by atoms with Gasteiger partial charge in [-0.3, -0.25) is 4.98 Å². The zero-order chi connectivity index (χ0) is 22.8. The van der Waals surface area contributed by atoms with Crippen molar-refractivity contribution in [1.82, 2.24) is 19.3 Å². The van der Waals surface area contributed by atoms with Gasteiger partial charge in [0.05, 0.1) is 11.8 Å². The van der Waals surface area contributed by atoms with E-state index in [-0.39, 0.29) is 22.4 Å². The predicted octanol–water partition coefficient (Wildman–Crippen LogP) is 1.69. The van der Waals surface area contributed by atoms with Crippen molar-refractivity contribution in [3.63, 3.8) is 0 Å². The molecule has 0 radical (unpaired) electrons. The fourth-order valence-corrected chi connectivity index (χ4v) is 5.55. The van der Waals surface area contributed by atoms with Crippen LogP contribution >= 0.6 is 0 Å². The maximum atomic E-state index is 12.8. The maximum absolute atomic E-state index is 12.8. The molecular weight excluding hydrogens is 432 g/mol. The molecule has 32 heavy (non-hydrogen) atoms. The minimum Gasteiger partial charge on any atom is -0.470 e. The SMILES string of the molecule is C[C@]1(O)CCC[C@H]1Oc1nc(NC2CCN(S(=O)(=O)c3cccnc3)CC2)ncc1C#N. The molecule has 4 rings (SSSR count). The summed E-state index contributed by atoms with van der Waals surface area (Å²) in [5.41, 5.74) is -0.756. The Bertz CT molecular complexity index is 1100. The van der Waals surface area contributed by atoms with Crippen molar-refractivity contribution in [2.24, 2.45) is 0 Å². The number of ether oxygens (including phenoxy) is 1. The van der Waals surface area contributed by atoms with Gasteiger partial charge >= 0.3 is 0 Å². The van der Waals surface area contributed by atoms with Crippen LogP contribution in [0.4, 0.5) is 5.95 Å². The average Bonchev–Trinajstić information content (AvgIpc) is 3.12. The molecular formula is C21H26N6O4S. The highest BCUT2D eigenvalue weighted by Crippen LogP contribution is 2.33. The lowest BCUT2D eigenvalue weighted by Crippen LogP contribution is -2.42. The first kappa shape index (κ1) is 22.4. The molecule has 0 amide bonds. The Hall–Kier alpha value is -2.81. The van der Waals surface area contributed by atoms with Crippen LogP contribution in [0.1, 0.15) is 44.6 Å². The van der Waals surface area contributed by atoms with Gasteiger partial charge in [0, 0.05) is 31.5 Å². The fraction of sp³-hybridized carbons (Fsp3) is 0.524. The molecule has 2 fully saturated rings. The van der Waals surface area contributed by atoms with Crippen LogP contribution in [-0.2, 0) is 10.0 Å². The number of aliphatic hydroxyl groups is 1. The summed E-state index contributed by atoms with van der Waals surface area (Å²) < 4.78 is 32.9. The van der Waals surface area contributed by atoms with Crippen molar-refractivity contribution in [3.8, 4) is 11.9 Å². The minimum atomic E-state index is -3.57. The van der Waals surface area contributed by atoms with Crippen LogP contribution in [0.15, 0.2) is 35.6 Å². The first-order chi connectivity index (χ1) is 15.3. The maximum Gasteiger partial charge on any atom is 0.244 e. The number of aromatic nitrogens is 3. The highest BCUT2D eigenvalue weighted by atomic mass is 32.2. The molecule has 1 aliphatic carbocycles. The summed E-state index contributed by atoms with van der Waals surface area (Å²) in [5.74, 6) is 0.457. The molecule has 1 saturated heterocycles. The Labute approximate surface area is 187 Å². The highest BCUT2D eigenvalue weighted by molar-refractivity contribution is 7.89. The summed E-state index contributed by atoms with van der Waals surface area (Å²) in [6.45, 7) is 2.45. The molecule has 11 heteroatoms. The minimum absolute atomic E-state index is 0.0225. The van der Waals surface area contributed by atoms with Crippen LogP contribution in [0.3, 0.4) is 0 Å². The van der Waals surface area contributed by atoms with Gasteiger partial charge in [0.25, 0.3) is 0 Å². The zero-order valence-corrected chi connectivity index (χ0v) is 18.6. The number of nitrogens with one attached hydrogen (secondary N) is 1. The van der Waals surface area contributed by atoms with Crippen LogP contribution in [-0.4, -0.2) is 63.6 Å². The van der Waals surface area contributed by atoms with Gasteiger partial charge in [-0.2, -0.15) is 14.6 Å². The fourth-order valence-electron chi connectivity index (χ4n) is 4.11. The smallest absolute Gasteiger partial charge is 0.244 e. The van der Waals surface area contributed by atoms with Gasteiger partial charge in [-0.15, -0.1) is 0 Å². The lowest BCUT2D eigenvalue weighted by Gasteiger charge is -2.31. The summed E-state index contributed by atoms with van der Waals surface area (Å²) in [6, 6.07) is 5.15. The van der Waals surface area contributed by atoms with E-state index < -0.39 is 21.7 Å². The second kappa shape index (κ2) is 8.97. The third kappa shape index (κ3) is 4.67. The van der Waals surface area contributed by atoms with E-state index in [2.05, 4.69) is 20.3 Å². The molecule has 2 atom stereocenters. The van der Waals surface area contributed by atoms with E-state index in [1.807, 2.05) is 6.07 Å². The van der Waals surface area contributed by atoms with Crippen molar-refractivity contribution in [1.29, 1.82) is 5.26 Å². The van der Waals surface area contributed by atoms with Crippen molar-refractivity contribution >= 4 is 16.0 Å². The Kier molecular flexibility index (Phi) is 6.28. The first-order valence-electron chi connectivity index (χ1n) is 10.6. The van der Waals surface area contributed by atoms with Gasteiger partial charge < -0.3 is 15.2 Å². The summed E-state index contributed by atoms with van der Waals surface area (Å²) in [7, 11) is -3.57. The number of piperidine rings is 1. The number of hydrogen-bond donors (Lipinski definition) is 2. The summed E-state index contributed by atoms with van der Waals surface area (Å²) in [4.78, 5) is 12.7. The van der Waals surface area contributed by atoms with Gasteiger partial charge in [-0.05, 0) is 51.2 Å². The highest BCUT2D eigenvalue weighted by Gasteiger charge is 2.39. The normalized spacial score (nSPS) is 24.7. The third-order valence-electron chi connectivity index (χ3n) is 6.03. The van der Waals surface area contributed by atoms with Crippen molar-refractivity contribution in [2.45, 2.75) is 61.7 Å². The van der Waals surface area contributed by atoms with Crippen LogP contribution in [0.5, 0.6) is 5.88 Å². The number of sulfonamides is 1. The molecule has 3 heterocycles. The topological polar surface area (TPSA) is 141 Å². The van der Waals surface area contributed by atoms with Gasteiger partial charge in [0.1, 0.15) is 22.6 Å². The number of hydrogen-bond acceptors (Lipinski definition) is 9. The molecule has 170 valence electrons. The van der Waals surface area contributed by atoms with Gasteiger partial charge in [0.15, 0.2) is 0 Å². The summed E-state index contributed by atoms with van der Waals surface area (Å²) in [5, 5.41) is 23.1. The Morgan fingerprint density at radius 2 is 2.09 bits per heavy atom. The van der Waals surface area contributed by atoms with E-state index in [4.69, 9.17) is 4.74 Å². The van der Waals surface area contributed by atoms with Crippen LogP contribution in [0.25, 0.3) is 0 Å². The predicted molar refractivity (Wildman–Crippen MR) is 115 cm³/mol. The monoisotopic (exact) mass is 458 g/mol. The largest absolute Gasteiger partial charge is 0.470 e. The second-order valence-electron chi connectivity index (χ2n) is 8.39. The third-order valence-corrected chi connectivity index (χ3v) is 7.91. The number of rotatable bonds is 6. The molecule has 0 spiro atoms. The molecule has 2 aromatic heterocycles. The molecule has 1 aliphatic heterocycles. The van der Waals surface area contributed by atoms with E-state index in [0.717, 1.165) is 6.42 Å². The zero-order valence-electron chi connectivity index (χ0n) is 17.8. The molecule has 0 bridgehead atoms. The standard InChI is InChI=1S/C21H26N6O4S/c1-21(28)8-2-5-18(21)31-19-15(12-22)13-24-20(26-19)25-16-6-10-27(11-7-16)32(29,30)17-4-3-9-23-14-17/h3-4,9,13-14,16,18,28H,2,5-8,10-11H2,1H3,(H,24,25,26)/t18-,21+/m1/s1. The van der Waals surface area contributed by atoms with E-state index in [0.29, 0.717) is 44.7 Å². The van der Waals surface area contributed by atoms with Crippen LogP contribution < -0.4 is 10.1 Å². The van der Waals surface area contributed by atoms with E-state index in [1.54, 1.807) is 25.3 Å². The van der Waals surface area contributed by atoms with Gasteiger partial charge in [-0.1, -0.05) is 0 Å². The molecule has 0 aromatic carbocycles. The molecule has 1 saturated carbocycles. The summed E-state index contributed by atoms with van der Waals surface area (Å²) in [6.07, 6.45) is 7.19. The second-order valence-corrected chi connectivity index (χ2v) is 10.3. The van der Waals surface area contributed by atoms with Crippen molar-refractivity contribution in [3.05, 3.63) is 36.3 Å². The molecule has 10 nitrogen and oxygen atoms in total. The Morgan fingerprint density at radius 3 is 2.72 bits per heavy atom. The summed E-state index contributed by atoms with van der Waals surface area (Å²) >= 11 is 0. The first-order valence-corrected chi connectivity index (χ1v) is 12.1. The molecule has 2 N–H and O–H groups in total. The van der Waals surface area contributed by atoms with Crippen LogP contribution in [0.2, 0.25) is 0 Å². The van der Waals surface area contributed by atoms with Gasteiger partial charge in [0.2, 0.25) is 21.9 Å². The quantitative estimate of drug-likeness (QED) is 0.661. The number of nitrogens with zero attached hydrogens (tertiary/aromatic N) is 5. The van der Waals surface area contributed by atoms with E-state index in [9.17, 15) is 18.8 Å². The number of anilines is 1. The van der Waals surface area contributed by atoms with Crippen molar-refractivity contribution < 1.29 is 18.3 Å². The lowest BCUT2D eigenvalue weighted by atomic mass is 10.0. The van der Waals surface area contributed by atoms with Crippen molar-refractivity contribution in [2.75, 3.05) is 18.4 Å². The average molecular weight is 459 g/mol. The van der Waals surface area contributed by atoms with Gasteiger partial charge in [-0.25, -0.2) is 13.4 Å². The number of pyridine rings is 1. The lowest BCUT2D eigenvalue weighted by molar-refractivity contribution is -0.0271. The Balaban J connectivity index is 1.41. The van der Waals surface area contributed by atoms with E-state index >= 15 is 0 Å². The number of nitriles is 1. The van der Waals surface area contributed by atoms with E-state index in [1.165, 1.54) is 16.7 Å². The molecule has 0 unspecified atom stereocenters. The Morgan fingerprint density at radius 1 is 1.31 bits per heavy atom.